The van der Waals surface area contributed by atoms with E-state index in [1.807, 2.05) is 30.3 Å². The van der Waals surface area contributed by atoms with Crippen molar-refractivity contribution in [2.75, 3.05) is 6.61 Å². The third-order valence-electron chi connectivity index (χ3n) is 5.02. The molecule has 27 heavy (non-hydrogen) atoms. The molecule has 0 saturated heterocycles. The van der Waals surface area contributed by atoms with Gasteiger partial charge in [0.05, 0.1) is 6.61 Å². The summed E-state index contributed by atoms with van der Waals surface area (Å²) in [6, 6.07) is 9.80. The summed E-state index contributed by atoms with van der Waals surface area (Å²) in [5.41, 5.74) is 3.10. The van der Waals surface area contributed by atoms with Crippen molar-refractivity contribution >= 4 is 12.0 Å². The van der Waals surface area contributed by atoms with Gasteiger partial charge in [0.2, 0.25) is 11.8 Å². The highest BCUT2D eigenvalue weighted by Crippen LogP contribution is 2.26. The first kappa shape index (κ1) is 17.6. The lowest BCUT2D eigenvalue weighted by atomic mass is 10.1. The summed E-state index contributed by atoms with van der Waals surface area (Å²) < 4.78 is 11.5. The van der Waals surface area contributed by atoms with E-state index in [-0.39, 0.29) is 12.0 Å². The number of nitrogens with one attached hydrogen (secondary N) is 1. The Kier molecular flexibility index (Phi) is 5.37. The van der Waals surface area contributed by atoms with E-state index < -0.39 is 0 Å². The summed E-state index contributed by atoms with van der Waals surface area (Å²) in [5, 5.41) is 2.92. The highest BCUT2D eigenvalue weighted by molar-refractivity contribution is 5.91. The molecule has 2 aliphatic rings. The predicted molar refractivity (Wildman–Crippen MR) is 104 cm³/mol. The maximum Gasteiger partial charge on any atom is 0.244 e. The number of nitrogens with zero attached hydrogens (tertiary/aromatic N) is 1. The number of hydrogen-bond donors (Lipinski definition) is 1. The highest BCUT2D eigenvalue weighted by Gasteiger charge is 2.18. The van der Waals surface area contributed by atoms with Gasteiger partial charge in [-0.2, -0.15) is 0 Å². The molecule has 0 unspecified atom stereocenters. The van der Waals surface area contributed by atoms with E-state index in [0.717, 1.165) is 42.7 Å². The first-order valence-corrected chi connectivity index (χ1v) is 9.60. The lowest BCUT2D eigenvalue weighted by Gasteiger charge is -2.15. The number of amides is 1. The average molecular weight is 364 g/mol. The zero-order chi connectivity index (χ0) is 18.5. The van der Waals surface area contributed by atoms with E-state index in [0.29, 0.717) is 12.4 Å². The molecule has 1 amide bonds. The zero-order valence-corrected chi connectivity index (χ0v) is 15.3. The molecule has 1 aromatic carbocycles. The summed E-state index contributed by atoms with van der Waals surface area (Å²) in [6.07, 6.45) is 10.9. The van der Waals surface area contributed by atoms with Crippen LogP contribution >= 0.6 is 0 Å². The van der Waals surface area contributed by atoms with E-state index >= 15 is 0 Å². The molecule has 0 spiro atoms. The van der Waals surface area contributed by atoms with Gasteiger partial charge in [0, 0.05) is 30.8 Å². The van der Waals surface area contributed by atoms with E-state index in [9.17, 15) is 4.79 Å². The van der Waals surface area contributed by atoms with Gasteiger partial charge in [0.25, 0.3) is 0 Å². The minimum Gasteiger partial charge on any atom is -0.493 e. The van der Waals surface area contributed by atoms with Crippen molar-refractivity contribution in [3.63, 3.8) is 0 Å². The van der Waals surface area contributed by atoms with Crippen LogP contribution in [0.5, 0.6) is 11.6 Å². The standard InChI is InChI=1S/C22H24N2O3/c25-21(10-8-16-7-9-20-17(14-16)11-13-26-20)24-15-18-4-3-12-23-22(18)27-19-5-1-2-6-19/h3-4,7-10,12,14,19H,1-2,5-6,11,13,15H2,(H,24,25)/b10-8+. The Bertz CT molecular complexity index is 841. The smallest absolute Gasteiger partial charge is 0.244 e. The van der Waals surface area contributed by atoms with E-state index in [1.165, 1.54) is 18.4 Å². The van der Waals surface area contributed by atoms with Crippen molar-refractivity contribution in [2.24, 2.45) is 0 Å². The second-order valence-electron chi connectivity index (χ2n) is 7.01. The van der Waals surface area contributed by atoms with Crippen molar-refractivity contribution < 1.29 is 14.3 Å². The molecule has 0 bridgehead atoms. The molecule has 1 saturated carbocycles. The molecule has 1 N–H and O–H groups in total. The summed E-state index contributed by atoms with van der Waals surface area (Å²) in [7, 11) is 0. The van der Waals surface area contributed by atoms with Gasteiger partial charge in [0.1, 0.15) is 11.9 Å². The molecule has 1 aliphatic heterocycles. The number of aromatic nitrogens is 1. The van der Waals surface area contributed by atoms with Gasteiger partial charge in [-0.25, -0.2) is 4.98 Å². The Morgan fingerprint density at radius 1 is 1.30 bits per heavy atom. The molecule has 1 fully saturated rings. The van der Waals surface area contributed by atoms with E-state index in [4.69, 9.17) is 9.47 Å². The summed E-state index contributed by atoms with van der Waals surface area (Å²) in [4.78, 5) is 16.5. The van der Waals surface area contributed by atoms with Crippen molar-refractivity contribution in [1.29, 1.82) is 0 Å². The maximum absolute atomic E-state index is 12.2. The quantitative estimate of drug-likeness (QED) is 0.795. The molecular weight excluding hydrogens is 340 g/mol. The monoisotopic (exact) mass is 364 g/mol. The Morgan fingerprint density at radius 2 is 2.19 bits per heavy atom. The molecule has 4 rings (SSSR count). The second kappa shape index (κ2) is 8.25. The van der Waals surface area contributed by atoms with Crippen molar-refractivity contribution in [1.82, 2.24) is 10.3 Å². The fourth-order valence-corrected chi connectivity index (χ4v) is 3.55. The van der Waals surface area contributed by atoms with Gasteiger partial charge < -0.3 is 14.8 Å². The molecule has 0 radical (unpaired) electrons. The number of fused-ring (bicyclic) bond motifs is 1. The fraction of sp³-hybridized carbons (Fsp3) is 0.364. The van der Waals surface area contributed by atoms with Gasteiger partial charge in [-0.1, -0.05) is 12.1 Å². The van der Waals surface area contributed by atoms with Crippen LogP contribution in [0.15, 0.2) is 42.6 Å². The molecule has 5 heteroatoms. The van der Waals surface area contributed by atoms with Crippen LogP contribution < -0.4 is 14.8 Å². The number of benzene rings is 1. The summed E-state index contributed by atoms with van der Waals surface area (Å²) in [6.45, 7) is 1.14. The Balaban J connectivity index is 1.34. The van der Waals surface area contributed by atoms with Crippen LogP contribution in [-0.2, 0) is 17.8 Å². The van der Waals surface area contributed by atoms with Crippen molar-refractivity contribution in [3.05, 3.63) is 59.3 Å². The normalized spacial score (nSPS) is 16.3. The highest BCUT2D eigenvalue weighted by atomic mass is 16.5. The first-order chi connectivity index (χ1) is 13.3. The largest absolute Gasteiger partial charge is 0.493 e. The SMILES string of the molecule is O=C(/C=C/c1ccc2c(c1)CCO2)NCc1cccnc1OC1CCCC1. The second-order valence-corrected chi connectivity index (χ2v) is 7.01. The number of rotatable bonds is 6. The molecular formula is C22H24N2O3. The van der Waals surface area contributed by atoms with Crippen LogP contribution in [0.1, 0.15) is 42.4 Å². The molecule has 2 heterocycles. The van der Waals surface area contributed by atoms with Gasteiger partial charge in [-0.15, -0.1) is 0 Å². The molecule has 0 atom stereocenters. The molecule has 1 aliphatic carbocycles. The Hall–Kier alpha value is -2.82. The third kappa shape index (κ3) is 4.48. The first-order valence-electron chi connectivity index (χ1n) is 9.60. The van der Waals surface area contributed by atoms with Crippen molar-refractivity contribution in [3.8, 4) is 11.6 Å². The van der Waals surface area contributed by atoms with Crippen LogP contribution in [0.25, 0.3) is 6.08 Å². The number of carbonyl (C=O) groups is 1. The van der Waals surface area contributed by atoms with Gasteiger partial charge >= 0.3 is 0 Å². The molecule has 140 valence electrons. The molecule has 2 aromatic rings. The number of ether oxygens (including phenoxy) is 2. The van der Waals surface area contributed by atoms with Gasteiger partial charge in [-0.05, 0) is 61.1 Å². The zero-order valence-electron chi connectivity index (χ0n) is 15.3. The van der Waals surface area contributed by atoms with Crippen LogP contribution in [0.3, 0.4) is 0 Å². The van der Waals surface area contributed by atoms with Crippen LogP contribution in [-0.4, -0.2) is 23.6 Å². The summed E-state index contributed by atoms with van der Waals surface area (Å²) >= 11 is 0. The van der Waals surface area contributed by atoms with Crippen molar-refractivity contribution in [2.45, 2.75) is 44.8 Å². The van der Waals surface area contributed by atoms with Crippen LogP contribution in [0.4, 0.5) is 0 Å². The fourth-order valence-electron chi connectivity index (χ4n) is 3.55. The predicted octanol–water partition coefficient (Wildman–Crippen LogP) is 3.67. The number of hydrogen-bond acceptors (Lipinski definition) is 4. The third-order valence-corrected chi connectivity index (χ3v) is 5.02. The minimum atomic E-state index is -0.137. The Morgan fingerprint density at radius 3 is 3.07 bits per heavy atom. The summed E-state index contributed by atoms with van der Waals surface area (Å²) in [5.74, 6) is 1.44. The number of pyridine rings is 1. The average Bonchev–Trinajstić information content (AvgIpc) is 3.37. The number of carbonyl (C=O) groups excluding carboxylic acids is 1. The Labute approximate surface area is 159 Å². The molecule has 1 aromatic heterocycles. The van der Waals surface area contributed by atoms with E-state index in [1.54, 1.807) is 12.3 Å². The van der Waals surface area contributed by atoms with E-state index in [2.05, 4.69) is 16.4 Å². The maximum atomic E-state index is 12.2. The minimum absolute atomic E-state index is 0.137. The molecule has 5 nitrogen and oxygen atoms in total. The topological polar surface area (TPSA) is 60.5 Å². The van der Waals surface area contributed by atoms with Crippen LogP contribution in [0, 0.1) is 0 Å². The van der Waals surface area contributed by atoms with Gasteiger partial charge in [-0.3, -0.25) is 4.79 Å². The lowest BCUT2D eigenvalue weighted by Crippen LogP contribution is -2.22. The lowest BCUT2D eigenvalue weighted by molar-refractivity contribution is -0.116. The van der Waals surface area contributed by atoms with Gasteiger partial charge in [0.15, 0.2) is 0 Å². The van der Waals surface area contributed by atoms with Crippen LogP contribution in [0.2, 0.25) is 0 Å².